The number of nitro benzene ring substituents is 1. The average Bonchev–Trinajstić information content (AvgIpc) is 2.41. The van der Waals surface area contributed by atoms with Crippen molar-refractivity contribution in [2.24, 2.45) is 0 Å². The first kappa shape index (κ1) is 19.5. The summed E-state index contributed by atoms with van der Waals surface area (Å²) >= 11 is 0. The van der Waals surface area contributed by atoms with Gasteiger partial charge in [0.15, 0.2) is 5.75 Å². The molecule has 132 valence electrons. The van der Waals surface area contributed by atoms with Gasteiger partial charge in [-0.3, -0.25) is 10.1 Å². The number of hydrogen-bond acceptors (Lipinski definition) is 5. The van der Waals surface area contributed by atoms with Gasteiger partial charge in [-0.1, -0.05) is 6.58 Å². The van der Waals surface area contributed by atoms with Gasteiger partial charge in [-0.15, -0.1) is 0 Å². The Morgan fingerprint density at radius 3 is 2.33 bits per heavy atom. The molecule has 0 fully saturated rings. The molecule has 0 bridgehead atoms. The van der Waals surface area contributed by atoms with E-state index in [-0.39, 0.29) is 5.57 Å². The van der Waals surface area contributed by atoms with Gasteiger partial charge >= 0.3 is 17.8 Å². The summed E-state index contributed by atoms with van der Waals surface area (Å²) in [5.41, 5.74) is -2.73. The summed E-state index contributed by atoms with van der Waals surface area (Å²) in [5, 5.41) is 10.9. The van der Waals surface area contributed by atoms with Gasteiger partial charge in [0.2, 0.25) is 0 Å². The maximum Gasteiger partial charge on any atom is 0.416 e. The normalized spacial score (nSPS) is 11.8. The summed E-state index contributed by atoms with van der Waals surface area (Å²) in [5.74, 6) is -1.42. The molecule has 24 heavy (non-hydrogen) atoms. The highest BCUT2D eigenvalue weighted by molar-refractivity contribution is 5.88. The highest BCUT2D eigenvalue weighted by Gasteiger charge is 2.33. The molecule has 0 atom stereocenters. The fraction of sp³-hybridized carbons (Fsp3) is 0.400. The predicted molar refractivity (Wildman–Crippen MR) is 78.6 cm³/mol. The third-order valence-corrected chi connectivity index (χ3v) is 2.57. The second-order valence-corrected chi connectivity index (χ2v) is 5.83. The first-order chi connectivity index (χ1) is 10.8. The number of esters is 1. The molecule has 1 aromatic carbocycles. The second kappa shape index (κ2) is 6.90. The summed E-state index contributed by atoms with van der Waals surface area (Å²) < 4.78 is 48.1. The standard InChI is InChI=1S/C15H16F3NO5/c1-9(13(20)24-14(2,3)4)8-23-12-7-10(15(16,17)18)5-6-11(12)19(21)22/h5-7H,1,8H2,2-4H3. The zero-order valence-corrected chi connectivity index (χ0v) is 13.3. The Bertz CT molecular complexity index is 662. The molecule has 1 rings (SSSR count). The van der Waals surface area contributed by atoms with Crippen LogP contribution in [0, 0.1) is 10.1 Å². The highest BCUT2D eigenvalue weighted by Crippen LogP contribution is 2.36. The largest absolute Gasteiger partial charge is 0.482 e. The van der Waals surface area contributed by atoms with Crippen LogP contribution >= 0.6 is 0 Å². The van der Waals surface area contributed by atoms with Crippen LogP contribution in [-0.4, -0.2) is 23.1 Å². The van der Waals surface area contributed by atoms with Gasteiger partial charge < -0.3 is 9.47 Å². The SMILES string of the molecule is C=C(COc1cc(C(F)(F)F)ccc1[N+](=O)[O-])C(=O)OC(C)(C)C. The maximum absolute atomic E-state index is 12.7. The van der Waals surface area contributed by atoms with E-state index >= 15 is 0 Å². The molecule has 0 unspecified atom stereocenters. The molecule has 1 aromatic rings. The number of nitrogens with zero attached hydrogens (tertiary/aromatic N) is 1. The van der Waals surface area contributed by atoms with Crippen LogP contribution in [0.5, 0.6) is 5.75 Å². The van der Waals surface area contributed by atoms with E-state index in [4.69, 9.17) is 9.47 Å². The van der Waals surface area contributed by atoms with Crippen molar-refractivity contribution in [3.63, 3.8) is 0 Å². The molecular formula is C15H16F3NO5. The van der Waals surface area contributed by atoms with Crippen LogP contribution in [-0.2, 0) is 15.7 Å². The lowest BCUT2D eigenvalue weighted by Crippen LogP contribution is -2.26. The van der Waals surface area contributed by atoms with Gasteiger partial charge in [-0.25, -0.2) is 4.79 Å². The van der Waals surface area contributed by atoms with Crippen molar-refractivity contribution >= 4 is 11.7 Å². The minimum absolute atomic E-state index is 0.184. The first-order valence-corrected chi connectivity index (χ1v) is 6.71. The van der Waals surface area contributed by atoms with Gasteiger partial charge in [0.25, 0.3) is 0 Å². The molecule has 6 nitrogen and oxygen atoms in total. The van der Waals surface area contributed by atoms with E-state index in [0.717, 1.165) is 0 Å². The number of nitro groups is 1. The van der Waals surface area contributed by atoms with Crippen LogP contribution in [0.1, 0.15) is 26.3 Å². The molecule has 0 radical (unpaired) electrons. The molecule has 9 heteroatoms. The molecule has 0 saturated carbocycles. The van der Waals surface area contributed by atoms with Gasteiger partial charge in [-0.2, -0.15) is 13.2 Å². The minimum atomic E-state index is -4.69. The number of hydrogen-bond donors (Lipinski definition) is 0. The number of carbonyl (C=O) groups excluding carboxylic acids is 1. The quantitative estimate of drug-likeness (QED) is 0.349. The van der Waals surface area contributed by atoms with E-state index in [1.54, 1.807) is 20.8 Å². The fourth-order valence-electron chi connectivity index (χ4n) is 1.53. The lowest BCUT2D eigenvalue weighted by molar-refractivity contribution is -0.385. The van der Waals surface area contributed by atoms with E-state index in [2.05, 4.69) is 6.58 Å². The van der Waals surface area contributed by atoms with Gasteiger partial charge in [0.05, 0.1) is 16.1 Å². The summed E-state index contributed by atoms with van der Waals surface area (Å²) in [7, 11) is 0. The van der Waals surface area contributed by atoms with Crippen molar-refractivity contribution in [2.45, 2.75) is 32.5 Å². The van der Waals surface area contributed by atoms with Crippen LogP contribution in [0.2, 0.25) is 0 Å². The molecular weight excluding hydrogens is 331 g/mol. The number of halogens is 3. The first-order valence-electron chi connectivity index (χ1n) is 6.71. The molecule has 0 spiro atoms. The fourth-order valence-corrected chi connectivity index (χ4v) is 1.53. The number of carbonyl (C=O) groups is 1. The van der Waals surface area contributed by atoms with Gasteiger partial charge in [-0.05, 0) is 32.9 Å². The lowest BCUT2D eigenvalue weighted by atomic mass is 10.2. The zero-order valence-electron chi connectivity index (χ0n) is 13.3. The second-order valence-electron chi connectivity index (χ2n) is 5.83. The maximum atomic E-state index is 12.7. The molecule has 0 heterocycles. The predicted octanol–water partition coefficient (Wildman–Crippen LogP) is 3.89. The van der Waals surface area contributed by atoms with E-state index < -0.39 is 46.3 Å². The summed E-state index contributed by atoms with van der Waals surface area (Å²) in [6.07, 6.45) is -4.69. The van der Waals surface area contributed by atoms with E-state index in [0.29, 0.717) is 18.2 Å². The third kappa shape index (κ3) is 5.56. The van der Waals surface area contributed by atoms with Gasteiger partial charge in [0, 0.05) is 6.07 Å². The Morgan fingerprint density at radius 2 is 1.88 bits per heavy atom. The minimum Gasteiger partial charge on any atom is -0.482 e. The Morgan fingerprint density at radius 1 is 1.29 bits per heavy atom. The van der Waals surface area contributed by atoms with Crippen molar-refractivity contribution < 1.29 is 32.4 Å². The molecule has 0 N–H and O–H groups in total. The highest BCUT2D eigenvalue weighted by atomic mass is 19.4. The van der Waals surface area contributed by atoms with Crippen LogP contribution in [0.15, 0.2) is 30.4 Å². The summed E-state index contributed by atoms with van der Waals surface area (Å²) in [6, 6.07) is 1.77. The third-order valence-electron chi connectivity index (χ3n) is 2.57. The summed E-state index contributed by atoms with van der Waals surface area (Å²) in [4.78, 5) is 21.7. The summed E-state index contributed by atoms with van der Waals surface area (Å²) in [6.45, 7) is 7.73. The Hall–Kier alpha value is -2.58. The Kier molecular flexibility index (Phi) is 5.59. The van der Waals surface area contributed by atoms with Gasteiger partial charge in [0.1, 0.15) is 12.2 Å². The Balaban J connectivity index is 2.95. The molecule has 0 aliphatic heterocycles. The van der Waals surface area contributed by atoms with Crippen molar-refractivity contribution in [3.05, 3.63) is 46.0 Å². The van der Waals surface area contributed by atoms with E-state index in [1.807, 2.05) is 0 Å². The zero-order chi connectivity index (χ0) is 18.7. The van der Waals surface area contributed by atoms with Crippen LogP contribution < -0.4 is 4.74 Å². The topological polar surface area (TPSA) is 78.7 Å². The number of rotatable bonds is 5. The van der Waals surface area contributed by atoms with Crippen LogP contribution in [0.25, 0.3) is 0 Å². The van der Waals surface area contributed by atoms with Crippen LogP contribution in [0.4, 0.5) is 18.9 Å². The molecule has 0 saturated heterocycles. The number of benzene rings is 1. The van der Waals surface area contributed by atoms with Crippen LogP contribution in [0.3, 0.4) is 0 Å². The average molecular weight is 347 g/mol. The number of alkyl halides is 3. The van der Waals surface area contributed by atoms with E-state index in [9.17, 15) is 28.1 Å². The number of ether oxygens (including phenoxy) is 2. The monoisotopic (exact) mass is 347 g/mol. The molecule has 0 amide bonds. The van der Waals surface area contributed by atoms with Crippen molar-refractivity contribution in [1.29, 1.82) is 0 Å². The molecule has 0 aliphatic rings. The Labute approximate surface area is 136 Å². The van der Waals surface area contributed by atoms with E-state index in [1.165, 1.54) is 0 Å². The lowest BCUT2D eigenvalue weighted by Gasteiger charge is -2.20. The van der Waals surface area contributed by atoms with Crippen molar-refractivity contribution in [2.75, 3.05) is 6.61 Å². The molecule has 0 aromatic heterocycles. The smallest absolute Gasteiger partial charge is 0.416 e. The molecule has 0 aliphatic carbocycles. The van der Waals surface area contributed by atoms with Crippen molar-refractivity contribution in [1.82, 2.24) is 0 Å². The van der Waals surface area contributed by atoms with Crippen molar-refractivity contribution in [3.8, 4) is 5.75 Å².